The minimum absolute atomic E-state index is 0.0662. The molecule has 1 aliphatic rings. The van der Waals surface area contributed by atoms with Gasteiger partial charge in [0.15, 0.2) is 22.1 Å². The van der Waals surface area contributed by atoms with Crippen molar-refractivity contribution in [1.29, 1.82) is 0 Å². The summed E-state index contributed by atoms with van der Waals surface area (Å²) in [6, 6.07) is 0. The number of hydrogen-bond donors (Lipinski definition) is 5. The van der Waals surface area contributed by atoms with Gasteiger partial charge in [0.05, 0.1) is 6.61 Å². The summed E-state index contributed by atoms with van der Waals surface area (Å²) in [6.45, 7) is -0.649. The molecular formula is C11H17N5O9P2S. The molecule has 156 valence electrons. The molecule has 0 aromatic carbocycles. The fraction of sp³-hybridized carbons (Fsp3) is 0.545. The van der Waals surface area contributed by atoms with Crippen molar-refractivity contribution in [1.82, 2.24) is 19.5 Å². The lowest BCUT2D eigenvalue weighted by Crippen LogP contribution is -2.28. The molecule has 1 fully saturated rings. The predicted octanol–water partition coefficient (Wildman–Crippen LogP) is 0.00510. The van der Waals surface area contributed by atoms with E-state index in [1.54, 1.807) is 10.8 Å². The molecule has 2 aromatic heterocycles. The fourth-order valence-electron chi connectivity index (χ4n) is 2.78. The number of nitrogen functional groups attached to an aromatic ring is 1. The molecule has 0 radical (unpaired) electrons. The molecule has 6 N–H and O–H groups in total. The maximum absolute atomic E-state index is 11.3. The maximum atomic E-state index is 11.3. The van der Waals surface area contributed by atoms with Crippen LogP contribution in [0, 0.1) is 0 Å². The van der Waals surface area contributed by atoms with Crippen LogP contribution in [0.3, 0.4) is 0 Å². The van der Waals surface area contributed by atoms with E-state index in [-0.39, 0.29) is 12.2 Å². The van der Waals surface area contributed by atoms with Crippen molar-refractivity contribution in [2.75, 3.05) is 18.6 Å². The van der Waals surface area contributed by atoms with Crippen LogP contribution in [0.5, 0.6) is 0 Å². The number of phosphoric acid groups is 2. The maximum Gasteiger partial charge on any atom is 0.469 e. The van der Waals surface area contributed by atoms with Crippen LogP contribution in [0.25, 0.3) is 11.2 Å². The van der Waals surface area contributed by atoms with Gasteiger partial charge in [0.1, 0.15) is 24.8 Å². The van der Waals surface area contributed by atoms with Crippen LogP contribution < -0.4 is 5.73 Å². The van der Waals surface area contributed by atoms with Gasteiger partial charge in [0.25, 0.3) is 0 Å². The SMILES string of the molecule is CSc1nc2c(N)ncnc2n1[C@H]1C[C@H](OP(=O)(O)O)[C@@H](COP(=O)(O)O)O1. The Kier molecular flexibility index (Phi) is 6.13. The third kappa shape index (κ3) is 4.89. The molecule has 0 bridgehead atoms. The number of fused-ring (bicyclic) bond motifs is 1. The number of aromatic nitrogens is 4. The number of thioether (sulfide) groups is 1. The zero-order valence-electron chi connectivity index (χ0n) is 14.2. The Balaban J connectivity index is 1.94. The van der Waals surface area contributed by atoms with Crippen LogP contribution in [0.15, 0.2) is 11.5 Å². The number of anilines is 1. The number of nitrogens with zero attached hydrogens (tertiary/aromatic N) is 4. The van der Waals surface area contributed by atoms with E-state index >= 15 is 0 Å². The second-order valence-electron chi connectivity index (χ2n) is 5.69. The molecule has 14 nitrogen and oxygen atoms in total. The molecule has 3 atom stereocenters. The highest BCUT2D eigenvalue weighted by Gasteiger charge is 2.43. The Bertz CT molecular complexity index is 961. The van der Waals surface area contributed by atoms with Gasteiger partial charge < -0.3 is 30.0 Å². The van der Waals surface area contributed by atoms with Gasteiger partial charge in [0, 0.05) is 6.42 Å². The van der Waals surface area contributed by atoms with Crippen molar-refractivity contribution >= 4 is 44.4 Å². The molecule has 0 aliphatic carbocycles. The summed E-state index contributed by atoms with van der Waals surface area (Å²) in [7, 11) is -9.73. The van der Waals surface area contributed by atoms with Crippen LogP contribution in [0.4, 0.5) is 5.82 Å². The van der Waals surface area contributed by atoms with Gasteiger partial charge in [0.2, 0.25) is 0 Å². The molecule has 1 saturated heterocycles. The third-order valence-corrected chi connectivity index (χ3v) is 5.49. The van der Waals surface area contributed by atoms with Gasteiger partial charge >= 0.3 is 15.6 Å². The van der Waals surface area contributed by atoms with E-state index in [1.165, 1.54) is 18.1 Å². The Morgan fingerprint density at radius 3 is 2.64 bits per heavy atom. The minimum atomic E-state index is -4.90. The lowest BCUT2D eigenvalue weighted by atomic mass is 10.2. The van der Waals surface area contributed by atoms with Crippen molar-refractivity contribution in [3.63, 3.8) is 0 Å². The number of nitrogens with two attached hydrogens (primary N) is 1. The largest absolute Gasteiger partial charge is 0.469 e. The van der Waals surface area contributed by atoms with E-state index in [9.17, 15) is 9.13 Å². The highest BCUT2D eigenvalue weighted by Crippen LogP contribution is 2.46. The van der Waals surface area contributed by atoms with Crippen LogP contribution in [-0.4, -0.2) is 64.2 Å². The van der Waals surface area contributed by atoms with Gasteiger partial charge in [-0.3, -0.25) is 13.6 Å². The first-order valence-corrected chi connectivity index (χ1v) is 11.9. The molecule has 0 saturated carbocycles. The Labute approximate surface area is 161 Å². The first kappa shape index (κ1) is 21.6. The van der Waals surface area contributed by atoms with Crippen LogP contribution in [-0.2, 0) is 22.9 Å². The Morgan fingerprint density at radius 1 is 1.32 bits per heavy atom. The number of phosphoric ester groups is 2. The summed E-state index contributed by atoms with van der Waals surface area (Å²) < 4.78 is 38.7. The number of imidazole rings is 1. The first-order valence-electron chi connectivity index (χ1n) is 7.60. The summed E-state index contributed by atoms with van der Waals surface area (Å²) >= 11 is 1.25. The molecule has 1 aliphatic heterocycles. The average molecular weight is 457 g/mol. The minimum Gasteiger partial charge on any atom is -0.382 e. The van der Waals surface area contributed by atoms with Gasteiger partial charge in [-0.1, -0.05) is 11.8 Å². The molecule has 28 heavy (non-hydrogen) atoms. The molecular weight excluding hydrogens is 440 g/mol. The smallest absolute Gasteiger partial charge is 0.382 e. The van der Waals surface area contributed by atoms with E-state index in [4.69, 9.17) is 34.6 Å². The molecule has 0 unspecified atom stereocenters. The molecule has 17 heteroatoms. The zero-order valence-corrected chi connectivity index (χ0v) is 16.8. The predicted molar refractivity (Wildman–Crippen MR) is 95.0 cm³/mol. The first-order chi connectivity index (χ1) is 13.0. The van der Waals surface area contributed by atoms with Crippen molar-refractivity contribution in [2.45, 2.75) is 30.0 Å². The summed E-state index contributed by atoms with van der Waals surface area (Å²) in [5.74, 6) is 0.140. The fourth-order valence-corrected chi connectivity index (χ4v) is 4.28. The van der Waals surface area contributed by atoms with Crippen molar-refractivity contribution in [3.8, 4) is 0 Å². The van der Waals surface area contributed by atoms with Crippen molar-refractivity contribution in [3.05, 3.63) is 6.33 Å². The van der Waals surface area contributed by atoms with Gasteiger partial charge in [-0.2, -0.15) is 0 Å². The van der Waals surface area contributed by atoms with E-state index < -0.39 is 40.7 Å². The lowest BCUT2D eigenvalue weighted by Gasteiger charge is -2.19. The molecule has 2 aromatic rings. The van der Waals surface area contributed by atoms with Crippen LogP contribution in [0.1, 0.15) is 12.6 Å². The van der Waals surface area contributed by atoms with E-state index in [2.05, 4.69) is 19.5 Å². The van der Waals surface area contributed by atoms with E-state index in [0.717, 1.165) is 0 Å². The standard InChI is InChI=1S/C11H17N5O9P2S/c1-28-11-15-8-9(12)13-4-14-10(8)16(11)7-2-5(25-27(20,21)22)6(24-7)3-23-26(17,18)19/h4-7H,2-3H2,1H3,(H2,12,13,14)(H2,17,18,19)(H2,20,21,22)/t5-,6+,7+/m0/s1. The number of ether oxygens (including phenoxy) is 1. The average Bonchev–Trinajstić information content (AvgIpc) is 3.12. The Hall–Kier alpha value is -1.12. The highest BCUT2D eigenvalue weighted by atomic mass is 32.2. The summed E-state index contributed by atoms with van der Waals surface area (Å²) in [6.07, 6.45) is -0.325. The van der Waals surface area contributed by atoms with Crippen molar-refractivity contribution in [2.24, 2.45) is 0 Å². The summed E-state index contributed by atoms with van der Waals surface area (Å²) in [5.41, 5.74) is 6.46. The normalized spacial score (nSPS) is 23.5. The van der Waals surface area contributed by atoms with Gasteiger partial charge in [-0.05, 0) is 6.26 Å². The molecule has 0 amide bonds. The van der Waals surface area contributed by atoms with Crippen LogP contribution >= 0.6 is 27.4 Å². The summed E-state index contributed by atoms with van der Waals surface area (Å²) in [4.78, 5) is 48.4. The highest BCUT2D eigenvalue weighted by molar-refractivity contribution is 7.98. The number of hydrogen-bond acceptors (Lipinski definition) is 10. The van der Waals surface area contributed by atoms with Gasteiger partial charge in [-0.15, -0.1) is 0 Å². The summed E-state index contributed by atoms with van der Waals surface area (Å²) in [5, 5.41) is 0.443. The van der Waals surface area contributed by atoms with Crippen molar-refractivity contribution < 1.29 is 42.5 Å². The molecule has 3 heterocycles. The third-order valence-electron chi connectivity index (χ3n) is 3.80. The second-order valence-corrected chi connectivity index (χ2v) is 8.89. The molecule has 3 rings (SSSR count). The van der Waals surface area contributed by atoms with E-state index in [0.29, 0.717) is 16.3 Å². The van der Waals surface area contributed by atoms with Gasteiger partial charge in [-0.25, -0.2) is 24.1 Å². The second kappa shape index (κ2) is 7.95. The van der Waals surface area contributed by atoms with Crippen LogP contribution in [0.2, 0.25) is 0 Å². The quantitative estimate of drug-likeness (QED) is 0.274. The monoisotopic (exact) mass is 457 g/mol. The zero-order chi connectivity index (χ0) is 20.7. The molecule has 0 spiro atoms. The van der Waals surface area contributed by atoms with E-state index in [1.807, 2.05) is 0 Å². The topological polar surface area (TPSA) is 212 Å². The Morgan fingerprint density at radius 2 is 2.04 bits per heavy atom. The lowest BCUT2D eigenvalue weighted by molar-refractivity contribution is -0.0442. The number of rotatable bonds is 7.